The zero-order valence-electron chi connectivity index (χ0n) is 13.3. The molecule has 0 radical (unpaired) electrons. The van der Waals surface area contributed by atoms with Gasteiger partial charge in [-0.2, -0.15) is 0 Å². The highest BCUT2D eigenvalue weighted by Crippen LogP contribution is 2.39. The maximum Gasteiger partial charge on any atom is 0.198 e. The fourth-order valence-corrected chi connectivity index (χ4v) is 2.35. The first-order chi connectivity index (χ1) is 11.9. The molecular formula is C17H13F3N2O3. The molecule has 5 nitrogen and oxygen atoms in total. The Morgan fingerprint density at radius 1 is 0.840 bits per heavy atom. The number of halogens is 3. The summed E-state index contributed by atoms with van der Waals surface area (Å²) in [6, 6.07) is 4.66. The summed E-state index contributed by atoms with van der Waals surface area (Å²) in [6.07, 6.45) is 0.886. The zero-order chi connectivity index (χ0) is 18.1. The number of aromatic nitrogens is 1. The van der Waals surface area contributed by atoms with Crippen molar-refractivity contribution in [2.75, 3.05) is 20.0 Å². The van der Waals surface area contributed by atoms with Crippen LogP contribution in [0.5, 0.6) is 23.0 Å². The molecule has 1 aromatic heterocycles. The average Bonchev–Trinajstić information content (AvgIpc) is 2.58. The molecule has 2 aromatic carbocycles. The van der Waals surface area contributed by atoms with Gasteiger partial charge in [-0.1, -0.05) is 0 Å². The minimum Gasteiger partial charge on any atom is -0.493 e. The maximum atomic E-state index is 14.2. The van der Waals surface area contributed by atoms with Crippen molar-refractivity contribution >= 4 is 16.6 Å². The van der Waals surface area contributed by atoms with Crippen LogP contribution in [0.1, 0.15) is 0 Å². The van der Waals surface area contributed by atoms with Gasteiger partial charge >= 0.3 is 0 Å². The normalized spacial score (nSPS) is 10.8. The third kappa shape index (κ3) is 2.98. The minimum atomic E-state index is -1.05. The summed E-state index contributed by atoms with van der Waals surface area (Å²) in [5.74, 6) is -3.51. The Hall–Kier alpha value is -3.16. The highest BCUT2D eigenvalue weighted by Gasteiger charge is 2.19. The summed E-state index contributed by atoms with van der Waals surface area (Å²) >= 11 is 0. The first-order valence-electron chi connectivity index (χ1n) is 7.07. The average molecular weight is 350 g/mol. The van der Waals surface area contributed by atoms with Crippen molar-refractivity contribution in [2.24, 2.45) is 0 Å². The molecule has 0 aliphatic rings. The second-order valence-corrected chi connectivity index (χ2v) is 5.08. The van der Waals surface area contributed by atoms with E-state index in [2.05, 4.69) is 4.98 Å². The van der Waals surface area contributed by atoms with Crippen LogP contribution in [0.25, 0.3) is 10.9 Å². The first-order valence-corrected chi connectivity index (χ1v) is 7.07. The number of anilines is 1. The molecule has 3 rings (SSSR count). The van der Waals surface area contributed by atoms with Crippen molar-refractivity contribution in [3.63, 3.8) is 0 Å². The van der Waals surface area contributed by atoms with Crippen molar-refractivity contribution < 1.29 is 27.4 Å². The van der Waals surface area contributed by atoms with Gasteiger partial charge < -0.3 is 19.9 Å². The van der Waals surface area contributed by atoms with Gasteiger partial charge in [0.2, 0.25) is 0 Å². The second kappa shape index (κ2) is 6.39. The van der Waals surface area contributed by atoms with Crippen molar-refractivity contribution in [1.29, 1.82) is 0 Å². The predicted molar refractivity (Wildman–Crippen MR) is 85.6 cm³/mol. The number of methoxy groups -OCH3 is 2. The maximum absolute atomic E-state index is 14.2. The fraction of sp³-hybridized carbons (Fsp3) is 0.118. The SMILES string of the molecule is COc1cc2ncc(F)c(Oc3c(F)cc(N)cc3F)c2cc1OC. The summed E-state index contributed by atoms with van der Waals surface area (Å²) in [5, 5.41) is 0.160. The van der Waals surface area contributed by atoms with E-state index in [4.69, 9.17) is 19.9 Å². The highest BCUT2D eigenvalue weighted by molar-refractivity contribution is 5.88. The Kier molecular flexibility index (Phi) is 4.26. The van der Waals surface area contributed by atoms with E-state index in [1.165, 1.54) is 26.4 Å². The van der Waals surface area contributed by atoms with Crippen LogP contribution in [0.3, 0.4) is 0 Å². The van der Waals surface area contributed by atoms with Crippen LogP contribution in [0.4, 0.5) is 18.9 Å². The standard InChI is InChI=1S/C17H13F3N2O3/c1-23-14-5-9-13(6-15(14)24-2)22-7-12(20)16(9)25-17-10(18)3-8(21)4-11(17)19/h3-7H,21H2,1-2H3. The van der Waals surface area contributed by atoms with Gasteiger partial charge in [0.15, 0.2) is 40.4 Å². The molecule has 0 saturated carbocycles. The Morgan fingerprint density at radius 2 is 1.44 bits per heavy atom. The van der Waals surface area contributed by atoms with Crippen LogP contribution >= 0.6 is 0 Å². The summed E-state index contributed by atoms with van der Waals surface area (Å²) < 4.78 is 57.7. The highest BCUT2D eigenvalue weighted by atomic mass is 19.1. The lowest BCUT2D eigenvalue weighted by Crippen LogP contribution is -1.99. The molecule has 2 N–H and O–H groups in total. The molecule has 25 heavy (non-hydrogen) atoms. The molecule has 0 saturated heterocycles. The van der Waals surface area contributed by atoms with Gasteiger partial charge in [-0.3, -0.25) is 4.98 Å². The van der Waals surface area contributed by atoms with Crippen molar-refractivity contribution in [3.05, 3.63) is 47.9 Å². The fourth-order valence-electron chi connectivity index (χ4n) is 2.35. The molecule has 0 bridgehead atoms. The van der Waals surface area contributed by atoms with E-state index in [0.717, 1.165) is 18.3 Å². The zero-order valence-corrected chi connectivity index (χ0v) is 13.3. The monoisotopic (exact) mass is 350 g/mol. The van der Waals surface area contributed by atoms with E-state index >= 15 is 0 Å². The largest absolute Gasteiger partial charge is 0.493 e. The van der Waals surface area contributed by atoms with Crippen LogP contribution in [0.15, 0.2) is 30.5 Å². The number of hydrogen-bond donors (Lipinski definition) is 1. The summed E-state index contributed by atoms with van der Waals surface area (Å²) in [7, 11) is 2.83. The molecular weight excluding hydrogens is 337 g/mol. The molecule has 3 aromatic rings. The van der Waals surface area contributed by atoms with Gasteiger partial charge in [0.25, 0.3) is 0 Å². The van der Waals surface area contributed by atoms with E-state index < -0.39 is 29.0 Å². The third-order valence-corrected chi connectivity index (χ3v) is 3.51. The van der Waals surface area contributed by atoms with E-state index in [9.17, 15) is 13.2 Å². The van der Waals surface area contributed by atoms with Gasteiger partial charge in [-0.05, 0) is 6.07 Å². The predicted octanol–water partition coefficient (Wildman–Crippen LogP) is 4.04. The smallest absolute Gasteiger partial charge is 0.198 e. The molecule has 8 heteroatoms. The lowest BCUT2D eigenvalue weighted by atomic mass is 10.1. The Balaban J connectivity index is 2.20. The minimum absolute atomic E-state index is 0.117. The van der Waals surface area contributed by atoms with Crippen LogP contribution in [0.2, 0.25) is 0 Å². The van der Waals surface area contributed by atoms with Gasteiger partial charge in [0, 0.05) is 29.3 Å². The van der Waals surface area contributed by atoms with Gasteiger partial charge in [0.1, 0.15) is 0 Å². The number of ether oxygens (including phenoxy) is 3. The number of benzene rings is 2. The molecule has 0 aliphatic heterocycles. The lowest BCUT2D eigenvalue weighted by molar-refractivity contribution is 0.355. The van der Waals surface area contributed by atoms with E-state index in [0.29, 0.717) is 11.3 Å². The Bertz CT molecular complexity index is 941. The van der Waals surface area contributed by atoms with Crippen LogP contribution in [0, 0.1) is 17.5 Å². The third-order valence-electron chi connectivity index (χ3n) is 3.51. The van der Waals surface area contributed by atoms with Crippen LogP contribution < -0.4 is 19.9 Å². The summed E-state index contributed by atoms with van der Waals surface area (Å²) in [4.78, 5) is 3.93. The number of fused-ring (bicyclic) bond motifs is 1. The number of nitrogens with two attached hydrogens (primary N) is 1. The van der Waals surface area contributed by atoms with Crippen molar-refractivity contribution in [1.82, 2.24) is 4.98 Å². The number of nitrogen functional groups attached to an aromatic ring is 1. The molecule has 1 heterocycles. The van der Waals surface area contributed by atoms with E-state index in [1.54, 1.807) is 0 Å². The number of nitrogens with zero attached hydrogens (tertiary/aromatic N) is 1. The topological polar surface area (TPSA) is 66.6 Å². The van der Waals surface area contributed by atoms with Gasteiger partial charge in [0.05, 0.1) is 25.9 Å². The van der Waals surface area contributed by atoms with Crippen LogP contribution in [-0.2, 0) is 0 Å². The molecule has 0 spiro atoms. The number of pyridine rings is 1. The summed E-state index contributed by atoms with van der Waals surface area (Å²) in [5.41, 5.74) is 5.54. The van der Waals surface area contributed by atoms with E-state index in [1.807, 2.05) is 0 Å². The van der Waals surface area contributed by atoms with Gasteiger partial charge in [-0.15, -0.1) is 0 Å². The second-order valence-electron chi connectivity index (χ2n) is 5.08. The number of hydrogen-bond acceptors (Lipinski definition) is 5. The Morgan fingerprint density at radius 3 is 2.04 bits per heavy atom. The van der Waals surface area contributed by atoms with E-state index in [-0.39, 0.29) is 16.8 Å². The molecule has 130 valence electrons. The van der Waals surface area contributed by atoms with Crippen molar-refractivity contribution in [2.45, 2.75) is 0 Å². The molecule has 0 atom stereocenters. The van der Waals surface area contributed by atoms with Crippen LogP contribution in [-0.4, -0.2) is 19.2 Å². The van der Waals surface area contributed by atoms with Gasteiger partial charge in [-0.25, -0.2) is 13.2 Å². The quantitative estimate of drug-likeness (QED) is 0.719. The molecule has 0 amide bonds. The summed E-state index contributed by atoms with van der Waals surface area (Å²) in [6.45, 7) is 0. The Labute approximate surface area is 140 Å². The first kappa shape index (κ1) is 16.7. The molecule has 0 fully saturated rings. The molecule has 0 unspecified atom stereocenters. The molecule has 0 aliphatic carbocycles. The lowest BCUT2D eigenvalue weighted by Gasteiger charge is -2.14. The number of rotatable bonds is 4. The van der Waals surface area contributed by atoms with Crippen molar-refractivity contribution in [3.8, 4) is 23.0 Å².